The Kier molecular flexibility index (Phi) is 11.0. The van der Waals surface area contributed by atoms with Gasteiger partial charge in [0.05, 0.1) is 37.6 Å². The van der Waals surface area contributed by atoms with Gasteiger partial charge in [-0.25, -0.2) is 4.79 Å². The minimum absolute atomic E-state index is 0.00675. The highest BCUT2D eigenvalue weighted by Crippen LogP contribution is 2.39. The van der Waals surface area contributed by atoms with Crippen LogP contribution in [0.2, 0.25) is 0 Å². The quantitative estimate of drug-likeness (QED) is 0.0732. The van der Waals surface area contributed by atoms with Gasteiger partial charge in [0.1, 0.15) is 11.4 Å². The normalized spacial score (nSPS) is 11.6. The molecule has 0 amide bonds. The largest absolute Gasteiger partial charge is 0.493 e. The summed E-state index contributed by atoms with van der Waals surface area (Å²) in [6.45, 7) is 6.69. The van der Waals surface area contributed by atoms with Gasteiger partial charge < -0.3 is 24.0 Å². The fourth-order valence-electron chi connectivity index (χ4n) is 6.25. The zero-order valence-corrected chi connectivity index (χ0v) is 28.3. The molecule has 8 nitrogen and oxygen atoms in total. The lowest BCUT2D eigenvalue weighted by Gasteiger charge is -2.15. The average molecular weight is 676 g/mol. The van der Waals surface area contributed by atoms with Crippen LogP contribution in [-0.4, -0.2) is 70.8 Å². The first-order valence-corrected chi connectivity index (χ1v) is 16.8. The number of hydrogen-bond donors (Lipinski definition) is 1. The smallest absolute Gasteiger partial charge is 0.355 e. The molecule has 45 heavy (non-hydrogen) atoms. The van der Waals surface area contributed by atoms with Gasteiger partial charge in [0, 0.05) is 39.5 Å². The maximum Gasteiger partial charge on any atom is 0.355 e. The topological polar surface area (TPSA) is 81.7 Å². The molecule has 1 N–H and O–H groups in total. The average Bonchev–Trinajstić information content (AvgIpc) is 3.53. The molecule has 0 aliphatic carbocycles. The first-order chi connectivity index (χ1) is 21.9. The SMILES string of the molecule is CCOC(=O)c1c(CCCOc2cccc3ccccc23)c2cccc(-c3c(CBr)nn(CCO)c3C)c2n1CCCN(C)C. The van der Waals surface area contributed by atoms with Crippen LogP contribution in [0.15, 0.2) is 60.7 Å². The molecule has 2 heterocycles. The fourth-order valence-corrected chi connectivity index (χ4v) is 6.65. The number of aliphatic hydroxyl groups is 1. The molecule has 0 spiro atoms. The number of fused-ring (bicyclic) bond motifs is 2. The molecule has 0 radical (unpaired) electrons. The van der Waals surface area contributed by atoms with E-state index in [9.17, 15) is 9.90 Å². The highest BCUT2D eigenvalue weighted by molar-refractivity contribution is 9.08. The number of halogens is 1. The Bertz CT molecular complexity index is 1770. The van der Waals surface area contributed by atoms with E-state index in [1.165, 1.54) is 0 Å². The molecular formula is C36H43BrN4O4. The van der Waals surface area contributed by atoms with Crippen molar-refractivity contribution in [3.8, 4) is 16.9 Å². The second-order valence-corrected chi connectivity index (χ2v) is 12.0. The number of alkyl halides is 1. The van der Waals surface area contributed by atoms with E-state index in [1.807, 2.05) is 42.8 Å². The molecule has 0 saturated carbocycles. The van der Waals surface area contributed by atoms with Crippen molar-refractivity contribution in [2.75, 3.05) is 40.5 Å². The number of aliphatic hydroxyl groups excluding tert-OH is 1. The highest BCUT2D eigenvalue weighted by atomic mass is 79.9. The summed E-state index contributed by atoms with van der Waals surface area (Å²) in [5.41, 5.74) is 6.54. The second-order valence-electron chi connectivity index (χ2n) is 11.5. The van der Waals surface area contributed by atoms with Gasteiger partial charge in [0.15, 0.2) is 0 Å². The summed E-state index contributed by atoms with van der Waals surface area (Å²) in [5.74, 6) is 0.563. The molecule has 0 atom stereocenters. The highest BCUT2D eigenvalue weighted by Gasteiger charge is 2.27. The third kappa shape index (κ3) is 6.95. The molecule has 3 aromatic carbocycles. The molecule has 0 aliphatic rings. The van der Waals surface area contributed by atoms with Crippen molar-refractivity contribution in [2.45, 2.75) is 51.5 Å². The predicted molar refractivity (Wildman–Crippen MR) is 185 cm³/mol. The summed E-state index contributed by atoms with van der Waals surface area (Å²) >= 11 is 3.65. The van der Waals surface area contributed by atoms with E-state index < -0.39 is 0 Å². The summed E-state index contributed by atoms with van der Waals surface area (Å²) < 4.78 is 16.0. The van der Waals surface area contributed by atoms with Crippen LogP contribution in [0.5, 0.6) is 5.75 Å². The lowest BCUT2D eigenvalue weighted by Crippen LogP contribution is -2.18. The van der Waals surface area contributed by atoms with Crippen molar-refractivity contribution < 1.29 is 19.4 Å². The van der Waals surface area contributed by atoms with Gasteiger partial charge in [-0.15, -0.1) is 0 Å². The Morgan fingerprint density at radius 1 is 1.00 bits per heavy atom. The van der Waals surface area contributed by atoms with E-state index in [4.69, 9.17) is 14.6 Å². The molecule has 0 fully saturated rings. The van der Waals surface area contributed by atoms with Crippen LogP contribution in [0.25, 0.3) is 32.8 Å². The van der Waals surface area contributed by atoms with Crippen molar-refractivity contribution in [3.63, 3.8) is 0 Å². The molecule has 5 aromatic rings. The first kappa shape index (κ1) is 32.7. The summed E-state index contributed by atoms with van der Waals surface area (Å²) in [5, 5.41) is 18.3. The number of benzene rings is 3. The summed E-state index contributed by atoms with van der Waals surface area (Å²) in [7, 11) is 4.13. The Labute approximate surface area is 273 Å². The molecular weight excluding hydrogens is 632 g/mol. The monoisotopic (exact) mass is 674 g/mol. The van der Waals surface area contributed by atoms with Gasteiger partial charge in [-0.05, 0) is 70.8 Å². The van der Waals surface area contributed by atoms with Crippen molar-refractivity contribution in [1.29, 1.82) is 0 Å². The third-order valence-electron chi connectivity index (χ3n) is 8.21. The Hall–Kier alpha value is -3.66. The molecule has 0 bridgehead atoms. The van der Waals surface area contributed by atoms with E-state index in [0.717, 1.165) is 74.9 Å². The molecule has 5 rings (SSSR count). The van der Waals surface area contributed by atoms with E-state index >= 15 is 0 Å². The number of hydrogen-bond acceptors (Lipinski definition) is 6. The maximum atomic E-state index is 13.7. The third-order valence-corrected chi connectivity index (χ3v) is 8.74. The molecule has 0 unspecified atom stereocenters. The zero-order chi connectivity index (χ0) is 31.9. The number of nitrogens with zero attached hydrogens (tertiary/aromatic N) is 4. The molecule has 0 aliphatic heterocycles. The van der Waals surface area contributed by atoms with Gasteiger partial charge in [-0.1, -0.05) is 70.5 Å². The number of aryl methyl sites for hydroxylation is 2. The number of aromatic nitrogens is 3. The minimum atomic E-state index is -0.303. The van der Waals surface area contributed by atoms with Crippen molar-refractivity contribution in [1.82, 2.24) is 19.2 Å². The van der Waals surface area contributed by atoms with Crippen LogP contribution < -0.4 is 4.74 Å². The molecule has 9 heteroatoms. The van der Waals surface area contributed by atoms with Crippen LogP contribution >= 0.6 is 15.9 Å². The van der Waals surface area contributed by atoms with E-state index in [0.29, 0.717) is 43.7 Å². The van der Waals surface area contributed by atoms with Crippen molar-refractivity contribution in [2.24, 2.45) is 0 Å². The predicted octanol–water partition coefficient (Wildman–Crippen LogP) is 6.99. The number of esters is 1. The van der Waals surface area contributed by atoms with Gasteiger partial charge >= 0.3 is 5.97 Å². The Morgan fingerprint density at radius 2 is 1.76 bits per heavy atom. The number of carbonyl (C=O) groups excluding carboxylic acids is 1. The Balaban J connectivity index is 1.59. The summed E-state index contributed by atoms with van der Waals surface area (Å²) in [6, 6.07) is 20.6. The minimum Gasteiger partial charge on any atom is -0.493 e. The first-order valence-electron chi connectivity index (χ1n) is 15.7. The summed E-state index contributed by atoms with van der Waals surface area (Å²) in [6.07, 6.45) is 2.26. The van der Waals surface area contributed by atoms with Gasteiger partial charge in [-0.3, -0.25) is 4.68 Å². The molecule has 2 aromatic heterocycles. The lowest BCUT2D eigenvalue weighted by molar-refractivity contribution is 0.0512. The fraction of sp³-hybridized carbons (Fsp3) is 0.389. The van der Waals surface area contributed by atoms with Crippen LogP contribution in [-0.2, 0) is 29.6 Å². The number of para-hydroxylation sites is 1. The van der Waals surface area contributed by atoms with E-state index in [1.54, 1.807) is 0 Å². The van der Waals surface area contributed by atoms with Crippen LogP contribution in [0.1, 0.15) is 47.2 Å². The number of rotatable bonds is 15. The van der Waals surface area contributed by atoms with Crippen molar-refractivity contribution >= 4 is 43.6 Å². The standard InChI is InChI=1S/C36H43BrN4O4/c1-5-44-36(43)35-29(17-10-23-45-32-18-8-13-26-12-6-7-14-27(26)32)28-15-9-16-30(34(28)40(35)20-11-19-39(3)4)33-25(2)41(21-22-42)38-31(33)24-37/h6-9,12-16,18,42H,5,10-11,17,19-24H2,1-4H3. The molecule has 238 valence electrons. The summed E-state index contributed by atoms with van der Waals surface area (Å²) in [4.78, 5) is 15.9. The van der Waals surface area contributed by atoms with Crippen LogP contribution in [0.4, 0.5) is 0 Å². The van der Waals surface area contributed by atoms with Gasteiger partial charge in [-0.2, -0.15) is 5.10 Å². The van der Waals surface area contributed by atoms with Crippen molar-refractivity contribution in [3.05, 3.63) is 83.3 Å². The Morgan fingerprint density at radius 3 is 2.51 bits per heavy atom. The maximum absolute atomic E-state index is 13.7. The molecule has 0 saturated heterocycles. The number of carbonyl (C=O) groups is 1. The lowest BCUT2D eigenvalue weighted by atomic mass is 9.98. The van der Waals surface area contributed by atoms with Gasteiger partial charge in [0.2, 0.25) is 0 Å². The van der Waals surface area contributed by atoms with E-state index in [-0.39, 0.29) is 12.6 Å². The van der Waals surface area contributed by atoms with Crippen LogP contribution in [0, 0.1) is 6.92 Å². The number of ether oxygens (including phenoxy) is 2. The zero-order valence-electron chi connectivity index (χ0n) is 26.7. The van der Waals surface area contributed by atoms with Gasteiger partial charge in [0.25, 0.3) is 0 Å². The van der Waals surface area contributed by atoms with Crippen LogP contribution in [0.3, 0.4) is 0 Å². The second kappa shape index (κ2) is 15.1. The van der Waals surface area contributed by atoms with E-state index in [2.05, 4.69) is 75.9 Å².